The number of carbonyl (C=O) groups excluding carboxylic acids is 3. The van der Waals surface area contributed by atoms with E-state index in [0.29, 0.717) is 6.42 Å². The molecule has 0 bridgehead atoms. The third-order valence-electron chi connectivity index (χ3n) is 2.73. The van der Waals surface area contributed by atoms with Gasteiger partial charge < -0.3 is 14.8 Å². The van der Waals surface area contributed by atoms with E-state index in [1.807, 2.05) is 18.2 Å². The zero-order valence-electron chi connectivity index (χ0n) is 12.1. The minimum absolute atomic E-state index is 0.0581. The molecule has 0 aromatic heterocycles. The molecule has 1 aromatic carbocycles. The van der Waals surface area contributed by atoms with Crippen molar-refractivity contribution in [2.75, 3.05) is 7.11 Å². The molecule has 0 saturated carbocycles. The number of nitrogens with one attached hydrogen (secondary N) is 1. The van der Waals surface area contributed by atoms with Crippen LogP contribution in [0.3, 0.4) is 0 Å². The first-order chi connectivity index (χ1) is 10.1. The molecule has 0 aliphatic heterocycles. The minimum Gasteiger partial charge on any atom is -0.467 e. The molecule has 1 N–H and O–H groups in total. The molecule has 0 radical (unpaired) electrons. The second-order valence-electron chi connectivity index (χ2n) is 4.38. The summed E-state index contributed by atoms with van der Waals surface area (Å²) in [6.45, 7) is 1.86. The van der Waals surface area contributed by atoms with Crippen LogP contribution in [-0.2, 0) is 25.7 Å². The maximum Gasteiger partial charge on any atom is 0.408 e. The fourth-order valence-electron chi connectivity index (χ4n) is 1.66. The molecule has 0 aliphatic rings. The molecule has 0 fully saturated rings. The molecule has 1 amide bonds. The molecule has 6 nitrogen and oxygen atoms in total. The first-order valence-corrected chi connectivity index (χ1v) is 6.66. The predicted octanol–water partition coefficient (Wildman–Crippen LogP) is 1.82. The van der Waals surface area contributed by atoms with Gasteiger partial charge in [0, 0.05) is 6.42 Å². The van der Waals surface area contributed by atoms with Crippen molar-refractivity contribution in [1.29, 1.82) is 0 Å². The van der Waals surface area contributed by atoms with Crippen LogP contribution < -0.4 is 5.32 Å². The van der Waals surface area contributed by atoms with Gasteiger partial charge in [0.15, 0.2) is 11.8 Å². The molecule has 0 aliphatic carbocycles. The standard InChI is InChI=1S/C15H19NO5/c1-3-7-12(17)13(14(18)20-2)16-15(19)21-10-11-8-5-4-6-9-11/h4-6,8-9,13H,3,7,10H2,1-2H3,(H,16,19). The second kappa shape index (κ2) is 8.73. The highest BCUT2D eigenvalue weighted by Crippen LogP contribution is 2.02. The SMILES string of the molecule is CCCC(=O)C(NC(=O)OCc1ccccc1)C(=O)OC. The third kappa shape index (κ3) is 5.64. The Labute approximate surface area is 123 Å². The van der Waals surface area contributed by atoms with Gasteiger partial charge in [0.1, 0.15) is 6.61 Å². The fraction of sp³-hybridized carbons (Fsp3) is 0.400. The van der Waals surface area contributed by atoms with Crippen molar-refractivity contribution in [3.63, 3.8) is 0 Å². The molecule has 1 aromatic rings. The third-order valence-corrected chi connectivity index (χ3v) is 2.73. The summed E-state index contributed by atoms with van der Waals surface area (Å²) in [5.74, 6) is -1.20. The predicted molar refractivity (Wildman–Crippen MR) is 75.5 cm³/mol. The summed E-state index contributed by atoms with van der Waals surface area (Å²) >= 11 is 0. The van der Waals surface area contributed by atoms with Crippen LogP contribution in [0.4, 0.5) is 4.79 Å². The largest absolute Gasteiger partial charge is 0.467 e. The summed E-state index contributed by atoms with van der Waals surface area (Å²) in [5, 5.41) is 2.24. The van der Waals surface area contributed by atoms with Crippen LogP contribution in [0.5, 0.6) is 0 Å². The summed E-state index contributed by atoms with van der Waals surface area (Å²) in [4.78, 5) is 35.0. The Morgan fingerprint density at radius 3 is 2.43 bits per heavy atom. The van der Waals surface area contributed by atoms with Gasteiger partial charge in [-0.25, -0.2) is 9.59 Å². The number of ketones is 1. The highest BCUT2D eigenvalue weighted by atomic mass is 16.6. The smallest absolute Gasteiger partial charge is 0.408 e. The van der Waals surface area contributed by atoms with Gasteiger partial charge in [0.2, 0.25) is 0 Å². The summed E-state index contributed by atoms with van der Waals surface area (Å²) in [6, 6.07) is 7.76. The Morgan fingerprint density at radius 2 is 1.86 bits per heavy atom. The van der Waals surface area contributed by atoms with Crippen molar-refractivity contribution < 1.29 is 23.9 Å². The number of alkyl carbamates (subject to hydrolysis) is 1. The number of amides is 1. The van der Waals surface area contributed by atoms with E-state index in [1.54, 1.807) is 19.1 Å². The van der Waals surface area contributed by atoms with Gasteiger partial charge in [-0.2, -0.15) is 0 Å². The zero-order chi connectivity index (χ0) is 15.7. The Morgan fingerprint density at radius 1 is 1.19 bits per heavy atom. The van der Waals surface area contributed by atoms with E-state index in [4.69, 9.17) is 4.74 Å². The normalized spacial score (nSPS) is 11.3. The van der Waals surface area contributed by atoms with Crippen molar-refractivity contribution in [3.05, 3.63) is 35.9 Å². The van der Waals surface area contributed by atoms with Crippen LogP contribution in [0.1, 0.15) is 25.3 Å². The first kappa shape index (κ1) is 16.7. The van der Waals surface area contributed by atoms with Crippen molar-refractivity contribution in [2.24, 2.45) is 0 Å². The number of ether oxygens (including phenoxy) is 2. The Bertz CT molecular complexity index is 486. The maximum atomic E-state index is 11.8. The summed E-state index contributed by atoms with van der Waals surface area (Å²) in [7, 11) is 1.16. The van der Waals surface area contributed by atoms with Crippen LogP contribution >= 0.6 is 0 Å². The average molecular weight is 293 g/mol. The van der Waals surface area contributed by atoms with E-state index in [2.05, 4.69) is 10.1 Å². The van der Waals surface area contributed by atoms with Crippen LogP contribution in [0, 0.1) is 0 Å². The van der Waals surface area contributed by atoms with Gasteiger partial charge in [-0.05, 0) is 12.0 Å². The molecule has 1 rings (SSSR count). The van der Waals surface area contributed by atoms with E-state index >= 15 is 0 Å². The number of methoxy groups -OCH3 is 1. The molecular formula is C15H19NO5. The number of hydrogen-bond donors (Lipinski definition) is 1. The van der Waals surface area contributed by atoms with Crippen LogP contribution in [-0.4, -0.2) is 31.0 Å². The summed E-state index contributed by atoms with van der Waals surface area (Å²) < 4.78 is 9.48. The Balaban J connectivity index is 2.55. The number of rotatable bonds is 7. The number of benzene rings is 1. The average Bonchev–Trinajstić information content (AvgIpc) is 2.51. The number of hydrogen-bond acceptors (Lipinski definition) is 5. The van der Waals surface area contributed by atoms with E-state index in [9.17, 15) is 14.4 Å². The van der Waals surface area contributed by atoms with E-state index < -0.39 is 23.9 Å². The molecule has 0 spiro atoms. The zero-order valence-corrected chi connectivity index (χ0v) is 12.1. The highest BCUT2D eigenvalue weighted by Gasteiger charge is 2.28. The molecule has 0 heterocycles. The molecule has 1 unspecified atom stereocenters. The monoisotopic (exact) mass is 293 g/mol. The quantitative estimate of drug-likeness (QED) is 0.612. The fourth-order valence-corrected chi connectivity index (χ4v) is 1.66. The van der Waals surface area contributed by atoms with Gasteiger partial charge in [-0.15, -0.1) is 0 Å². The lowest BCUT2D eigenvalue weighted by Gasteiger charge is -2.15. The van der Waals surface area contributed by atoms with E-state index in [1.165, 1.54) is 0 Å². The van der Waals surface area contributed by atoms with Gasteiger partial charge in [0.25, 0.3) is 0 Å². The number of carbonyl (C=O) groups is 3. The molecule has 114 valence electrons. The second-order valence-corrected chi connectivity index (χ2v) is 4.38. The lowest BCUT2D eigenvalue weighted by atomic mass is 10.1. The first-order valence-electron chi connectivity index (χ1n) is 6.66. The molecule has 1 atom stereocenters. The molecule has 0 saturated heterocycles. The number of Topliss-reactive ketones (excluding diaryl/α,β-unsaturated/α-hetero) is 1. The van der Waals surface area contributed by atoms with Gasteiger partial charge in [-0.1, -0.05) is 37.3 Å². The summed E-state index contributed by atoms with van der Waals surface area (Å²) in [5.41, 5.74) is 0.808. The summed E-state index contributed by atoms with van der Waals surface area (Å²) in [6.07, 6.45) is -0.0788. The topological polar surface area (TPSA) is 81.7 Å². The molecule has 21 heavy (non-hydrogen) atoms. The van der Waals surface area contributed by atoms with E-state index in [-0.39, 0.29) is 13.0 Å². The molecular weight excluding hydrogens is 274 g/mol. The Hall–Kier alpha value is -2.37. The van der Waals surface area contributed by atoms with Crippen molar-refractivity contribution in [2.45, 2.75) is 32.4 Å². The van der Waals surface area contributed by atoms with Crippen molar-refractivity contribution in [3.8, 4) is 0 Å². The van der Waals surface area contributed by atoms with Crippen LogP contribution in [0.2, 0.25) is 0 Å². The maximum absolute atomic E-state index is 11.8. The minimum atomic E-state index is -1.32. The van der Waals surface area contributed by atoms with Crippen LogP contribution in [0.25, 0.3) is 0 Å². The molecule has 6 heteroatoms. The van der Waals surface area contributed by atoms with Crippen molar-refractivity contribution in [1.82, 2.24) is 5.32 Å². The van der Waals surface area contributed by atoms with Crippen LogP contribution in [0.15, 0.2) is 30.3 Å². The lowest BCUT2D eigenvalue weighted by Crippen LogP contribution is -2.47. The Kier molecular flexibility index (Phi) is 6.94. The van der Waals surface area contributed by atoms with Gasteiger partial charge in [0.05, 0.1) is 7.11 Å². The van der Waals surface area contributed by atoms with E-state index in [0.717, 1.165) is 12.7 Å². The highest BCUT2D eigenvalue weighted by molar-refractivity contribution is 6.05. The van der Waals surface area contributed by atoms with Crippen molar-refractivity contribution >= 4 is 17.8 Å². The lowest BCUT2D eigenvalue weighted by molar-refractivity contribution is -0.146. The van der Waals surface area contributed by atoms with Gasteiger partial charge in [-0.3, -0.25) is 4.79 Å². The van der Waals surface area contributed by atoms with Gasteiger partial charge >= 0.3 is 12.1 Å². The number of esters is 1.